The van der Waals surface area contributed by atoms with Crippen LogP contribution in [0.1, 0.15) is 25.1 Å². The van der Waals surface area contributed by atoms with Gasteiger partial charge in [0.15, 0.2) is 0 Å². The predicted molar refractivity (Wildman–Crippen MR) is 106 cm³/mol. The second-order valence-electron chi connectivity index (χ2n) is 7.51. The molecular formula is C19H23N3O5S2. The van der Waals surface area contributed by atoms with Crippen LogP contribution in [0.3, 0.4) is 0 Å². The first-order valence-corrected chi connectivity index (χ1v) is 11.5. The van der Waals surface area contributed by atoms with Crippen molar-refractivity contribution >= 4 is 45.4 Å². The molecule has 0 unspecified atom stereocenters. The minimum absolute atomic E-state index is 0.0761. The highest BCUT2D eigenvalue weighted by atomic mass is 32.2. The molecule has 4 heterocycles. The number of carbonyl (C=O) groups is 2. The van der Waals surface area contributed by atoms with Crippen LogP contribution in [0.2, 0.25) is 0 Å². The number of imidazole rings is 1. The van der Waals surface area contributed by atoms with Crippen molar-refractivity contribution in [3.8, 4) is 0 Å². The molecule has 1 saturated heterocycles. The van der Waals surface area contributed by atoms with Crippen molar-refractivity contribution in [2.24, 2.45) is 11.8 Å². The summed E-state index contributed by atoms with van der Waals surface area (Å²) in [5.41, 5.74) is 0.516. The van der Waals surface area contributed by atoms with Crippen LogP contribution in [-0.4, -0.2) is 56.6 Å². The van der Waals surface area contributed by atoms with Crippen LogP contribution in [0.4, 0.5) is 0 Å². The number of carboxylic acid groups (broad SMARTS) is 1. The maximum Gasteiger partial charge on any atom is 0.250 e. The zero-order valence-corrected chi connectivity index (χ0v) is 18.0. The molecule has 10 heteroatoms. The smallest absolute Gasteiger partial charge is 0.250 e. The fraction of sp³-hybridized carbons (Fsp3) is 0.526. The maximum atomic E-state index is 12.5. The number of hydrogen-bond acceptors (Lipinski definition) is 7. The van der Waals surface area contributed by atoms with Gasteiger partial charge in [0.2, 0.25) is 15.8 Å². The third-order valence-electron chi connectivity index (χ3n) is 5.79. The van der Waals surface area contributed by atoms with Crippen LogP contribution in [0.25, 0.3) is 10.4 Å². The number of thiazole rings is 1. The van der Waals surface area contributed by atoms with E-state index in [1.165, 1.54) is 16.2 Å². The number of aliphatic hydroxyl groups is 2. The molecule has 0 spiro atoms. The molecule has 0 saturated carbocycles. The molecule has 4 atom stereocenters. The van der Waals surface area contributed by atoms with Crippen molar-refractivity contribution < 1.29 is 29.3 Å². The van der Waals surface area contributed by atoms with E-state index in [0.29, 0.717) is 18.5 Å². The van der Waals surface area contributed by atoms with E-state index in [-0.39, 0.29) is 30.2 Å². The summed E-state index contributed by atoms with van der Waals surface area (Å²) in [6.45, 7) is 4.27. The summed E-state index contributed by atoms with van der Waals surface area (Å²) < 4.78 is 4.03. The average molecular weight is 438 g/mol. The molecule has 4 rings (SSSR count). The van der Waals surface area contributed by atoms with E-state index in [4.69, 9.17) is 5.11 Å². The highest BCUT2D eigenvalue weighted by Gasteiger charge is 2.59. The van der Waals surface area contributed by atoms with Crippen molar-refractivity contribution in [2.75, 3.05) is 12.9 Å². The summed E-state index contributed by atoms with van der Waals surface area (Å²) in [7, 11) is 0. The predicted octanol–water partition coefficient (Wildman–Crippen LogP) is -0.289. The molecule has 1 fully saturated rings. The maximum absolute atomic E-state index is 12.5. The van der Waals surface area contributed by atoms with Crippen LogP contribution in [0.5, 0.6) is 0 Å². The van der Waals surface area contributed by atoms with Gasteiger partial charge in [-0.3, -0.25) is 4.79 Å². The Morgan fingerprint density at radius 1 is 1.48 bits per heavy atom. The number of thioether (sulfide) groups is 1. The van der Waals surface area contributed by atoms with E-state index in [1.54, 1.807) is 18.7 Å². The summed E-state index contributed by atoms with van der Waals surface area (Å²) in [5, 5.41) is 32.1. The number of aliphatic hydroxyl groups excluding tert-OH is 2. The van der Waals surface area contributed by atoms with Gasteiger partial charge in [-0.2, -0.15) is 4.40 Å². The number of amides is 1. The molecule has 156 valence electrons. The van der Waals surface area contributed by atoms with E-state index >= 15 is 0 Å². The van der Waals surface area contributed by atoms with Crippen LogP contribution in [0.15, 0.2) is 23.2 Å². The molecule has 0 aliphatic carbocycles. The van der Waals surface area contributed by atoms with E-state index in [9.17, 15) is 19.8 Å². The number of rotatable bonds is 7. The van der Waals surface area contributed by atoms with Crippen molar-refractivity contribution in [2.45, 2.75) is 44.0 Å². The van der Waals surface area contributed by atoms with Gasteiger partial charge < -0.3 is 25.0 Å². The quantitative estimate of drug-likeness (QED) is 0.350. The summed E-state index contributed by atoms with van der Waals surface area (Å²) in [6, 6.07) is -0.360. The molecule has 2 N–H and O–H groups in total. The molecule has 2 aromatic heterocycles. The molecule has 29 heavy (non-hydrogen) atoms. The van der Waals surface area contributed by atoms with Gasteiger partial charge in [-0.1, -0.05) is 30.0 Å². The van der Waals surface area contributed by atoms with Crippen LogP contribution < -0.4 is 9.51 Å². The molecule has 2 aromatic rings. The third kappa shape index (κ3) is 2.92. The third-order valence-corrected chi connectivity index (χ3v) is 7.87. The van der Waals surface area contributed by atoms with Crippen molar-refractivity contribution in [3.05, 3.63) is 23.1 Å². The number of aryl methyl sites for hydroxylation is 1. The van der Waals surface area contributed by atoms with E-state index in [1.807, 2.05) is 30.1 Å². The number of aromatic nitrogens is 2. The van der Waals surface area contributed by atoms with Gasteiger partial charge in [-0.25, -0.2) is 4.57 Å². The van der Waals surface area contributed by atoms with Crippen LogP contribution in [-0.2, 0) is 16.1 Å². The Hall–Kier alpha value is -1.88. The second-order valence-corrected chi connectivity index (χ2v) is 9.33. The number of carboxylic acids is 1. The van der Waals surface area contributed by atoms with Gasteiger partial charge >= 0.3 is 0 Å². The lowest BCUT2D eigenvalue weighted by molar-refractivity contribution is -0.508. The summed E-state index contributed by atoms with van der Waals surface area (Å²) in [4.78, 5) is 27.5. The van der Waals surface area contributed by atoms with E-state index in [2.05, 4.69) is 4.57 Å². The lowest BCUT2D eigenvalue weighted by atomic mass is 9.77. The molecular weight excluding hydrogens is 414 g/mol. The number of aliphatic carboxylic acids is 1. The zero-order valence-electron chi connectivity index (χ0n) is 16.4. The van der Waals surface area contributed by atoms with Crippen molar-refractivity contribution in [1.29, 1.82) is 0 Å². The van der Waals surface area contributed by atoms with Gasteiger partial charge in [0.25, 0.3) is 6.33 Å². The number of carbonyl (C=O) groups excluding carboxylic acids is 2. The van der Waals surface area contributed by atoms with Gasteiger partial charge in [-0.15, -0.1) is 0 Å². The van der Waals surface area contributed by atoms with Gasteiger partial charge in [0.05, 0.1) is 41.2 Å². The first-order chi connectivity index (χ1) is 13.8. The first-order valence-electron chi connectivity index (χ1n) is 9.47. The van der Waals surface area contributed by atoms with Gasteiger partial charge in [-0.05, 0) is 13.2 Å². The fourth-order valence-electron chi connectivity index (χ4n) is 4.55. The Labute approximate surface area is 176 Å². The molecule has 0 bridgehead atoms. The summed E-state index contributed by atoms with van der Waals surface area (Å²) >= 11 is 3.07. The Bertz CT molecular complexity index is 1020. The van der Waals surface area contributed by atoms with Gasteiger partial charge in [0, 0.05) is 24.5 Å². The lowest BCUT2D eigenvalue weighted by Gasteiger charge is -2.47. The summed E-state index contributed by atoms with van der Waals surface area (Å²) in [5.74, 6) is -2.54. The normalized spacial score (nSPS) is 24.9. The summed E-state index contributed by atoms with van der Waals surface area (Å²) in [6.07, 6.45) is 5.62. The van der Waals surface area contributed by atoms with Crippen LogP contribution in [0, 0.1) is 11.8 Å². The standard InChI is InChI=1S/C19H23N3O5S2/c1-9-12(15(19(26)27)22-14(9)13(10(2)24)16(22)25)11-7-21-8-20(5-4-6-23)17(28-3)18(21)29-11/h7-10,13-14,23-24H,4-6H2,1-3H3/t9-,10+,13+,14+/m0/s1. The molecule has 2 aliphatic rings. The highest BCUT2D eigenvalue weighted by Crippen LogP contribution is 2.51. The molecule has 2 aliphatic heterocycles. The molecule has 8 nitrogen and oxygen atoms in total. The highest BCUT2D eigenvalue weighted by molar-refractivity contribution is 7.98. The van der Waals surface area contributed by atoms with Gasteiger partial charge in [0.1, 0.15) is 6.20 Å². The zero-order chi connectivity index (χ0) is 21.0. The number of hydrogen-bond donors (Lipinski definition) is 2. The lowest BCUT2D eigenvalue weighted by Crippen LogP contribution is -2.64. The Balaban J connectivity index is 1.79. The Morgan fingerprint density at radius 3 is 2.79 bits per heavy atom. The second kappa shape index (κ2) is 7.42. The minimum atomic E-state index is -1.37. The first kappa shape index (κ1) is 20.4. The molecule has 0 aromatic carbocycles. The number of nitrogens with zero attached hydrogens (tertiary/aromatic N) is 3. The molecule has 0 radical (unpaired) electrons. The van der Waals surface area contributed by atoms with Crippen molar-refractivity contribution in [3.63, 3.8) is 0 Å². The Kier molecular flexibility index (Phi) is 5.22. The van der Waals surface area contributed by atoms with Crippen molar-refractivity contribution in [1.82, 2.24) is 9.47 Å². The average Bonchev–Trinajstić information content (AvgIpc) is 3.26. The SMILES string of the molecule is CSc1c2sc(C3=C(C(=O)[O-])N4C(=O)[C@H]([C@@H](C)O)[C@H]4[C@H]3C)c[n+]2cn1CCCO. The minimum Gasteiger partial charge on any atom is -0.543 e. The monoisotopic (exact) mass is 437 g/mol. The Morgan fingerprint density at radius 2 is 2.21 bits per heavy atom. The largest absolute Gasteiger partial charge is 0.543 e. The number of fused-ring (bicyclic) bond motifs is 2. The van der Waals surface area contributed by atoms with Crippen LogP contribution >= 0.6 is 23.1 Å². The number of β-lactam (4-membered cyclic amide) rings is 1. The van der Waals surface area contributed by atoms with E-state index < -0.39 is 18.0 Å². The fourth-order valence-corrected chi connectivity index (χ4v) is 6.75. The van der Waals surface area contributed by atoms with E-state index in [0.717, 1.165) is 14.7 Å². The topological polar surface area (TPSA) is 110 Å². The molecule has 1 amide bonds.